The van der Waals surface area contributed by atoms with Crippen LogP contribution in [-0.2, 0) is 4.79 Å². The fourth-order valence-electron chi connectivity index (χ4n) is 3.77. The third kappa shape index (κ3) is 5.02. The summed E-state index contributed by atoms with van der Waals surface area (Å²) in [6.45, 7) is 3.97. The van der Waals surface area contributed by atoms with Crippen LogP contribution in [0.5, 0.6) is 5.75 Å². The first kappa shape index (κ1) is 21.2. The molecule has 0 atom stereocenters. The third-order valence-corrected chi connectivity index (χ3v) is 6.26. The number of aromatic nitrogens is 3. The van der Waals surface area contributed by atoms with Crippen molar-refractivity contribution in [2.75, 3.05) is 36.2 Å². The number of benzene rings is 2. The highest BCUT2D eigenvalue weighted by Gasteiger charge is 2.17. The molecule has 1 amide bonds. The summed E-state index contributed by atoms with van der Waals surface area (Å²) in [5.74, 6) is 1.75. The molecule has 7 nitrogen and oxygen atoms in total. The lowest BCUT2D eigenvalue weighted by Crippen LogP contribution is -2.30. The molecule has 1 aromatic heterocycles. The van der Waals surface area contributed by atoms with Crippen LogP contribution in [0.25, 0.3) is 5.69 Å². The largest absolute Gasteiger partial charge is 0.497 e. The van der Waals surface area contributed by atoms with Crippen molar-refractivity contribution in [3.05, 3.63) is 54.4 Å². The summed E-state index contributed by atoms with van der Waals surface area (Å²) in [4.78, 5) is 15.1. The first-order valence-electron chi connectivity index (χ1n) is 10.5. The van der Waals surface area contributed by atoms with Crippen LogP contribution in [0.2, 0.25) is 0 Å². The van der Waals surface area contributed by atoms with E-state index in [9.17, 15) is 4.79 Å². The smallest absolute Gasteiger partial charge is 0.234 e. The van der Waals surface area contributed by atoms with Gasteiger partial charge in [-0.1, -0.05) is 23.9 Å². The predicted molar refractivity (Wildman–Crippen MR) is 125 cm³/mol. The number of para-hydroxylation sites is 2. The van der Waals surface area contributed by atoms with Crippen LogP contribution in [-0.4, -0.2) is 46.6 Å². The van der Waals surface area contributed by atoms with Gasteiger partial charge in [0.15, 0.2) is 5.16 Å². The second-order valence-corrected chi connectivity index (χ2v) is 8.41. The molecule has 0 saturated carbocycles. The van der Waals surface area contributed by atoms with Crippen LogP contribution in [0.4, 0.5) is 11.4 Å². The molecule has 2 aromatic carbocycles. The Hall–Kier alpha value is -3.00. The van der Waals surface area contributed by atoms with Crippen LogP contribution < -0.4 is 15.0 Å². The molecule has 31 heavy (non-hydrogen) atoms. The Balaban J connectivity index is 1.43. The molecule has 1 aliphatic rings. The molecule has 162 valence electrons. The molecule has 0 unspecified atom stereocenters. The molecule has 1 saturated heterocycles. The van der Waals surface area contributed by atoms with Crippen molar-refractivity contribution in [3.8, 4) is 11.4 Å². The number of hydrogen-bond acceptors (Lipinski definition) is 6. The highest BCUT2D eigenvalue weighted by Crippen LogP contribution is 2.29. The maximum atomic E-state index is 12.7. The molecule has 4 rings (SSSR count). The Kier molecular flexibility index (Phi) is 6.76. The minimum atomic E-state index is -0.0589. The van der Waals surface area contributed by atoms with Gasteiger partial charge in [-0.15, -0.1) is 10.2 Å². The van der Waals surface area contributed by atoms with E-state index >= 15 is 0 Å². The number of ether oxygens (including phenoxy) is 1. The van der Waals surface area contributed by atoms with E-state index in [0.29, 0.717) is 5.16 Å². The quantitative estimate of drug-likeness (QED) is 0.556. The molecule has 0 bridgehead atoms. The number of rotatable bonds is 7. The van der Waals surface area contributed by atoms with E-state index in [0.717, 1.165) is 41.7 Å². The Morgan fingerprint density at radius 3 is 2.55 bits per heavy atom. The van der Waals surface area contributed by atoms with Gasteiger partial charge in [-0.3, -0.25) is 9.36 Å². The Morgan fingerprint density at radius 1 is 1.06 bits per heavy atom. The SMILES string of the molecule is COc1ccc(-n2c(C)nnc2SCC(=O)Nc2ccccc2N2CCCCC2)cc1. The van der Waals surface area contributed by atoms with Crippen LogP contribution in [0.1, 0.15) is 25.1 Å². The van der Waals surface area contributed by atoms with Crippen molar-refractivity contribution in [3.63, 3.8) is 0 Å². The second-order valence-electron chi connectivity index (χ2n) is 7.46. The molecular weight excluding hydrogens is 410 g/mol. The number of methoxy groups -OCH3 is 1. The summed E-state index contributed by atoms with van der Waals surface area (Å²) in [5, 5.41) is 12.2. The summed E-state index contributed by atoms with van der Waals surface area (Å²) < 4.78 is 7.18. The van der Waals surface area contributed by atoms with E-state index in [-0.39, 0.29) is 11.7 Å². The number of nitrogens with one attached hydrogen (secondary N) is 1. The van der Waals surface area contributed by atoms with E-state index in [1.54, 1.807) is 7.11 Å². The number of hydrogen-bond donors (Lipinski definition) is 1. The Bertz CT molecular complexity index is 1030. The molecule has 8 heteroatoms. The van der Waals surface area contributed by atoms with Crippen LogP contribution in [0.15, 0.2) is 53.7 Å². The molecule has 1 N–H and O–H groups in total. The first-order chi connectivity index (χ1) is 15.2. The number of thioether (sulfide) groups is 1. The summed E-state index contributed by atoms with van der Waals surface area (Å²) in [7, 11) is 1.64. The lowest BCUT2D eigenvalue weighted by atomic mass is 10.1. The maximum absolute atomic E-state index is 12.7. The predicted octanol–water partition coefficient (Wildman–Crippen LogP) is 4.31. The van der Waals surface area contributed by atoms with Gasteiger partial charge in [-0.05, 0) is 62.6 Å². The van der Waals surface area contributed by atoms with Crippen molar-refractivity contribution in [1.82, 2.24) is 14.8 Å². The van der Waals surface area contributed by atoms with E-state index in [1.165, 1.54) is 31.0 Å². The molecule has 1 aliphatic heterocycles. The molecule has 2 heterocycles. The lowest BCUT2D eigenvalue weighted by Gasteiger charge is -2.30. The number of amides is 1. The van der Waals surface area contributed by atoms with Crippen molar-refractivity contribution in [1.29, 1.82) is 0 Å². The zero-order valence-electron chi connectivity index (χ0n) is 17.9. The van der Waals surface area contributed by atoms with Gasteiger partial charge in [-0.2, -0.15) is 0 Å². The van der Waals surface area contributed by atoms with E-state index in [4.69, 9.17) is 4.74 Å². The molecular formula is C23H27N5O2S. The van der Waals surface area contributed by atoms with Gasteiger partial charge in [0.25, 0.3) is 0 Å². The minimum absolute atomic E-state index is 0.0589. The Morgan fingerprint density at radius 2 is 1.81 bits per heavy atom. The Labute approximate surface area is 186 Å². The number of carbonyl (C=O) groups excluding carboxylic acids is 1. The highest BCUT2D eigenvalue weighted by atomic mass is 32.2. The number of piperidine rings is 1. The van der Waals surface area contributed by atoms with Gasteiger partial charge in [-0.25, -0.2) is 0 Å². The zero-order chi connectivity index (χ0) is 21.6. The number of nitrogens with zero attached hydrogens (tertiary/aromatic N) is 4. The summed E-state index contributed by atoms with van der Waals surface area (Å²) in [6.07, 6.45) is 3.66. The second kappa shape index (κ2) is 9.87. The topological polar surface area (TPSA) is 72.3 Å². The van der Waals surface area contributed by atoms with Crippen molar-refractivity contribution >= 4 is 29.0 Å². The minimum Gasteiger partial charge on any atom is -0.497 e. The fraction of sp³-hybridized carbons (Fsp3) is 0.348. The van der Waals surface area contributed by atoms with E-state index < -0.39 is 0 Å². The van der Waals surface area contributed by atoms with Crippen molar-refractivity contribution in [2.45, 2.75) is 31.3 Å². The lowest BCUT2D eigenvalue weighted by molar-refractivity contribution is -0.113. The van der Waals surface area contributed by atoms with Crippen molar-refractivity contribution < 1.29 is 9.53 Å². The van der Waals surface area contributed by atoms with Gasteiger partial charge < -0.3 is 15.0 Å². The standard InChI is InChI=1S/C23H27N5O2S/c1-17-25-26-23(28(17)18-10-12-19(30-2)13-11-18)31-16-22(29)24-20-8-4-5-9-21(20)27-14-6-3-7-15-27/h4-5,8-13H,3,6-7,14-16H2,1-2H3,(H,24,29). The maximum Gasteiger partial charge on any atom is 0.234 e. The van der Waals surface area contributed by atoms with Crippen LogP contribution in [0.3, 0.4) is 0 Å². The van der Waals surface area contributed by atoms with Crippen LogP contribution >= 0.6 is 11.8 Å². The summed E-state index contributed by atoms with van der Waals surface area (Å²) in [6, 6.07) is 15.7. The van der Waals surface area contributed by atoms with Crippen LogP contribution in [0, 0.1) is 6.92 Å². The average Bonchev–Trinajstić information content (AvgIpc) is 3.19. The van der Waals surface area contributed by atoms with E-state index in [1.807, 2.05) is 54.0 Å². The van der Waals surface area contributed by atoms with Gasteiger partial charge in [0.1, 0.15) is 11.6 Å². The zero-order valence-corrected chi connectivity index (χ0v) is 18.7. The average molecular weight is 438 g/mol. The molecule has 0 aliphatic carbocycles. The van der Waals surface area contributed by atoms with Gasteiger partial charge in [0.2, 0.25) is 5.91 Å². The third-order valence-electron chi connectivity index (χ3n) is 5.33. The molecule has 3 aromatic rings. The highest BCUT2D eigenvalue weighted by molar-refractivity contribution is 7.99. The summed E-state index contributed by atoms with van der Waals surface area (Å²) in [5.41, 5.74) is 2.89. The fourth-order valence-corrected chi connectivity index (χ4v) is 4.57. The number of aryl methyl sites for hydroxylation is 1. The monoisotopic (exact) mass is 437 g/mol. The van der Waals surface area contributed by atoms with Gasteiger partial charge in [0, 0.05) is 18.8 Å². The summed E-state index contributed by atoms with van der Waals surface area (Å²) >= 11 is 1.37. The molecule has 0 spiro atoms. The molecule has 0 radical (unpaired) electrons. The first-order valence-corrected chi connectivity index (χ1v) is 11.5. The van der Waals surface area contributed by atoms with Gasteiger partial charge >= 0.3 is 0 Å². The molecule has 1 fully saturated rings. The van der Waals surface area contributed by atoms with E-state index in [2.05, 4.69) is 26.5 Å². The normalized spacial score (nSPS) is 13.8. The van der Waals surface area contributed by atoms with Crippen molar-refractivity contribution in [2.24, 2.45) is 0 Å². The number of carbonyl (C=O) groups is 1. The number of anilines is 2. The van der Waals surface area contributed by atoms with Gasteiger partial charge in [0.05, 0.1) is 24.2 Å².